The van der Waals surface area contributed by atoms with Gasteiger partial charge in [0.15, 0.2) is 0 Å². The summed E-state index contributed by atoms with van der Waals surface area (Å²) in [5.74, 6) is 0. The summed E-state index contributed by atoms with van der Waals surface area (Å²) in [6, 6.07) is 5.17. The second kappa shape index (κ2) is 11.8. The molecule has 1 aromatic carbocycles. The lowest BCUT2D eigenvalue weighted by atomic mass is 10.1. The van der Waals surface area contributed by atoms with Crippen molar-refractivity contribution >= 4 is 62.2 Å². The first-order valence-corrected chi connectivity index (χ1v) is 39.3. The maximum atomic E-state index is 12.6. The summed E-state index contributed by atoms with van der Waals surface area (Å²) in [5.41, 5.74) is 3.99. The second-order valence-electron chi connectivity index (χ2n) is 19.6. The molecule has 41 heavy (non-hydrogen) atoms. The van der Waals surface area contributed by atoms with Crippen LogP contribution in [0.5, 0.6) is 0 Å². The van der Waals surface area contributed by atoms with Crippen LogP contribution in [0.15, 0.2) is 36.4 Å². The lowest BCUT2D eigenvalue weighted by molar-refractivity contribution is 0.376. The molecule has 0 bridgehead atoms. The average molecular weight is 679 g/mol. The highest BCUT2D eigenvalue weighted by Crippen LogP contribution is 2.45. The molecule has 1 aliphatic carbocycles. The largest absolute Gasteiger partial charge is 0.407 e. The molecule has 0 unspecified atom stereocenters. The minimum Gasteiger partial charge on any atom is -0.407 e. The average Bonchev–Trinajstić information content (AvgIpc) is 3.15. The first kappa shape index (κ1) is 37.3. The van der Waals surface area contributed by atoms with Crippen LogP contribution in [0.1, 0.15) is 32.2 Å². The Morgan fingerprint density at radius 3 is 0.976 bits per heavy atom. The third-order valence-corrected chi connectivity index (χ3v) is 39.5. The van der Waals surface area contributed by atoms with Crippen molar-refractivity contribution in [2.24, 2.45) is 0 Å². The highest BCUT2D eigenvalue weighted by Gasteiger charge is 2.52. The number of benzene rings is 1. The number of hydrogen-bond donors (Lipinski definition) is 2. The van der Waals surface area contributed by atoms with Crippen LogP contribution in [-0.2, 0) is 0 Å². The predicted octanol–water partition coefficient (Wildman–Crippen LogP) is 9.33. The van der Waals surface area contributed by atoms with Crippen molar-refractivity contribution in [3.05, 3.63) is 53.1 Å². The van der Waals surface area contributed by atoms with E-state index in [1.165, 1.54) is 11.1 Å². The van der Waals surface area contributed by atoms with E-state index in [1.54, 1.807) is 5.56 Å². The Morgan fingerprint density at radius 1 is 0.463 bits per heavy atom. The molecule has 0 atom stereocenters. The van der Waals surface area contributed by atoms with Crippen molar-refractivity contribution in [1.82, 2.24) is 0 Å². The van der Waals surface area contributed by atoms with E-state index in [4.69, 9.17) is 0 Å². The maximum Gasteiger partial charge on any atom is 0.378 e. The lowest BCUT2D eigenvalue weighted by Gasteiger charge is -2.47. The highest BCUT2D eigenvalue weighted by molar-refractivity contribution is 6.99. The Hall–Kier alpha value is 0.138. The topological polar surface area (TPSA) is 40.5 Å². The van der Waals surface area contributed by atoms with E-state index >= 15 is 0 Å². The van der Waals surface area contributed by atoms with Crippen molar-refractivity contribution in [1.29, 1.82) is 0 Å². The van der Waals surface area contributed by atoms with Gasteiger partial charge in [0.2, 0.25) is 0 Å². The van der Waals surface area contributed by atoms with Crippen LogP contribution in [0.25, 0.3) is 0 Å². The van der Waals surface area contributed by atoms with Crippen molar-refractivity contribution in [3.8, 4) is 0 Å². The zero-order valence-electron chi connectivity index (χ0n) is 30.2. The minimum atomic E-state index is -3.89. The molecule has 0 saturated carbocycles. The smallest absolute Gasteiger partial charge is 0.378 e. The summed E-state index contributed by atoms with van der Waals surface area (Å²) >= 11 is 0. The van der Waals surface area contributed by atoms with Crippen LogP contribution in [0.2, 0.25) is 123 Å². The zero-order valence-corrected chi connectivity index (χ0v) is 37.2. The van der Waals surface area contributed by atoms with Crippen LogP contribution >= 0.6 is 0 Å². The SMILES string of the molecule is C[Si](C)(C)C(c1cc(C([Si](C)(C)C)[Si](C)(C)C)c([Si](O)(O)C2C=CC=C2)c(C([Si](C)(C)C)[Si](C)(C)C)c1)[Si](C)(C)C. The normalized spacial score (nSPS) is 16.7. The fourth-order valence-corrected chi connectivity index (χ4v) is 50.5. The van der Waals surface area contributed by atoms with Crippen molar-refractivity contribution < 1.29 is 9.59 Å². The Labute approximate surface area is 262 Å². The molecule has 2 nitrogen and oxygen atoms in total. The van der Waals surface area contributed by atoms with Gasteiger partial charge in [-0.15, -0.1) is 0 Å². The van der Waals surface area contributed by atoms with Gasteiger partial charge in [-0.05, 0) is 32.2 Å². The molecule has 0 spiro atoms. The Morgan fingerprint density at radius 2 is 0.732 bits per heavy atom. The molecule has 0 saturated heterocycles. The van der Waals surface area contributed by atoms with E-state index in [0.29, 0.717) is 15.5 Å². The molecule has 234 valence electrons. The molecule has 0 fully saturated rings. The van der Waals surface area contributed by atoms with Gasteiger partial charge < -0.3 is 9.59 Å². The first-order chi connectivity index (χ1) is 17.9. The second-order valence-corrected chi connectivity index (χ2v) is 55.8. The fourth-order valence-electron chi connectivity index (χ4n) is 9.39. The van der Waals surface area contributed by atoms with Gasteiger partial charge in [-0.25, -0.2) is 0 Å². The highest BCUT2D eigenvalue weighted by atomic mass is 28.4. The summed E-state index contributed by atoms with van der Waals surface area (Å²) in [5, 5.41) is 2.56. The van der Waals surface area contributed by atoms with Crippen molar-refractivity contribution in [2.75, 3.05) is 0 Å². The van der Waals surface area contributed by atoms with Crippen LogP contribution in [0.4, 0.5) is 0 Å². The molecule has 9 heteroatoms. The zero-order chi connectivity index (χ0) is 32.4. The third kappa shape index (κ3) is 8.45. The van der Waals surface area contributed by atoms with Gasteiger partial charge in [0.25, 0.3) is 0 Å². The minimum absolute atomic E-state index is 0.288. The van der Waals surface area contributed by atoms with Crippen LogP contribution in [0.3, 0.4) is 0 Å². The molecule has 2 rings (SSSR count). The fraction of sp³-hybridized carbons (Fsp3) is 0.688. The third-order valence-electron chi connectivity index (χ3n) is 8.95. The van der Waals surface area contributed by atoms with E-state index in [-0.39, 0.29) is 5.54 Å². The standard InChI is InChI=1S/C32H66O2Si7/c1-35(2,3)30(36(4,5)6)25-23-27(31(37(7,8)9)38(10,11)12)29(41(33,34)26-21-19-20-22-26)28(24-25)32(39(13,14)15)40(16,17)18/h19-24,26,30-34H,1-18H3. The quantitative estimate of drug-likeness (QED) is 0.229. The molecule has 0 aliphatic heterocycles. The van der Waals surface area contributed by atoms with Crippen LogP contribution in [-0.4, -0.2) is 66.6 Å². The molecular formula is C32H66O2Si7. The Bertz CT molecular complexity index is 1040. The van der Waals surface area contributed by atoms with Gasteiger partial charge in [0.1, 0.15) is 0 Å². The summed E-state index contributed by atoms with van der Waals surface area (Å²) in [6.07, 6.45) is 8.14. The van der Waals surface area contributed by atoms with Gasteiger partial charge in [-0.3, -0.25) is 0 Å². The van der Waals surface area contributed by atoms with Gasteiger partial charge in [0, 0.05) is 59.2 Å². The molecule has 0 amide bonds. The molecule has 2 N–H and O–H groups in total. The summed E-state index contributed by atoms with van der Waals surface area (Å²) in [6.45, 7) is 45.8. The molecule has 0 radical (unpaired) electrons. The molecular weight excluding hydrogens is 613 g/mol. The van der Waals surface area contributed by atoms with Gasteiger partial charge in [0.05, 0.1) is 0 Å². The Balaban J connectivity index is 3.38. The van der Waals surface area contributed by atoms with Crippen LogP contribution < -0.4 is 5.19 Å². The van der Waals surface area contributed by atoms with Gasteiger partial charge in [-0.1, -0.05) is 154 Å². The number of rotatable bonds is 11. The van der Waals surface area contributed by atoms with E-state index < -0.39 is 57.0 Å². The van der Waals surface area contributed by atoms with Gasteiger partial charge in [-0.2, -0.15) is 0 Å². The lowest BCUT2D eigenvalue weighted by Crippen LogP contribution is -2.61. The summed E-state index contributed by atoms with van der Waals surface area (Å²) in [4.78, 5) is 25.3. The van der Waals surface area contributed by atoms with Gasteiger partial charge >= 0.3 is 8.56 Å². The summed E-state index contributed by atoms with van der Waals surface area (Å²) in [7, 11) is -14.0. The van der Waals surface area contributed by atoms with Crippen LogP contribution in [0, 0.1) is 0 Å². The monoisotopic (exact) mass is 678 g/mol. The van der Waals surface area contributed by atoms with E-state index in [0.717, 1.165) is 5.19 Å². The predicted molar refractivity (Wildman–Crippen MR) is 207 cm³/mol. The Kier molecular flexibility index (Phi) is 10.8. The molecule has 0 heterocycles. The van der Waals surface area contributed by atoms with Crippen molar-refractivity contribution in [3.63, 3.8) is 0 Å². The number of allylic oxidation sites excluding steroid dienone is 4. The van der Waals surface area contributed by atoms with E-state index in [1.807, 2.05) is 12.2 Å². The first-order valence-electron chi connectivity index (χ1n) is 15.9. The van der Waals surface area contributed by atoms with Crippen molar-refractivity contribution in [2.45, 2.75) is 139 Å². The maximum absolute atomic E-state index is 12.6. The summed E-state index contributed by atoms with van der Waals surface area (Å²) < 4.78 is 0. The van der Waals surface area contributed by atoms with E-state index in [9.17, 15) is 9.59 Å². The molecule has 1 aromatic rings. The molecule has 1 aliphatic rings. The number of hydrogen-bond acceptors (Lipinski definition) is 2. The molecule has 0 aromatic heterocycles. The van der Waals surface area contributed by atoms with E-state index in [2.05, 4.69) is 142 Å².